The average Bonchev–Trinajstić information content (AvgIpc) is 3.14. The number of thiazole rings is 2. The van der Waals surface area contributed by atoms with Gasteiger partial charge in [-0.1, -0.05) is 13.8 Å². The maximum Gasteiger partial charge on any atom is 0.232 e. The largest absolute Gasteiger partial charge is 0.394 e. The van der Waals surface area contributed by atoms with Gasteiger partial charge in [0.25, 0.3) is 0 Å². The Morgan fingerprint density at radius 1 is 1.39 bits per heavy atom. The van der Waals surface area contributed by atoms with Crippen LogP contribution in [0.3, 0.4) is 0 Å². The second-order valence-corrected chi connectivity index (χ2v) is 7.23. The smallest absolute Gasteiger partial charge is 0.232 e. The molecule has 1 amide bonds. The number of nitrogens with one attached hydrogen (secondary N) is 2. The van der Waals surface area contributed by atoms with Gasteiger partial charge in [-0.25, -0.2) is 9.97 Å². The van der Waals surface area contributed by atoms with Crippen molar-refractivity contribution in [3.8, 4) is 0 Å². The van der Waals surface area contributed by atoms with Crippen molar-refractivity contribution in [3.63, 3.8) is 0 Å². The van der Waals surface area contributed by atoms with Crippen molar-refractivity contribution in [3.05, 3.63) is 22.1 Å². The van der Waals surface area contributed by atoms with Crippen LogP contribution in [0, 0.1) is 0 Å². The molecule has 7 nitrogen and oxygen atoms in total. The topological polar surface area (TPSA) is 107 Å². The molecule has 9 heteroatoms. The summed E-state index contributed by atoms with van der Waals surface area (Å²) in [5.74, 6) is 0.224. The Bertz CT molecular complexity index is 642. The molecule has 1 atom stereocenters. The molecular formula is C14H20N4O3S2. The molecule has 0 saturated carbocycles. The molecule has 0 aliphatic rings. The second kappa shape index (κ2) is 8.34. The summed E-state index contributed by atoms with van der Waals surface area (Å²) in [7, 11) is 0. The zero-order valence-corrected chi connectivity index (χ0v) is 14.6. The minimum atomic E-state index is -0.828. The normalized spacial score (nSPS) is 12.4. The summed E-state index contributed by atoms with van der Waals surface area (Å²) >= 11 is 2.82. The SMILES string of the molecule is CC(C)c1cnc(NC(=O)Cc2csc(NCC(O)CO)n2)s1. The highest BCUT2D eigenvalue weighted by atomic mass is 32.1. The molecule has 2 rings (SSSR count). The Kier molecular flexibility index (Phi) is 6.46. The van der Waals surface area contributed by atoms with Crippen LogP contribution in [0.5, 0.6) is 0 Å². The Morgan fingerprint density at radius 2 is 2.17 bits per heavy atom. The van der Waals surface area contributed by atoms with Crippen molar-refractivity contribution in [1.82, 2.24) is 9.97 Å². The summed E-state index contributed by atoms with van der Waals surface area (Å²) in [6.07, 6.45) is 1.12. The van der Waals surface area contributed by atoms with E-state index in [9.17, 15) is 9.90 Å². The van der Waals surface area contributed by atoms with Gasteiger partial charge in [0.1, 0.15) is 0 Å². The van der Waals surface area contributed by atoms with Crippen LogP contribution in [0.1, 0.15) is 30.3 Å². The maximum absolute atomic E-state index is 12.0. The summed E-state index contributed by atoms with van der Waals surface area (Å²) in [6, 6.07) is 0. The zero-order valence-electron chi connectivity index (χ0n) is 12.9. The van der Waals surface area contributed by atoms with Crippen molar-refractivity contribution >= 4 is 38.8 Å². The lowest BCUT2D eigenvalue weighted by atomic mass is 10.2. The molecule has 2 aromatic rings. The number of anilines is 2. The summed E-state index contributed by atoms with van der Waals surface area (Å²) in [4.78, 5) is 21.6. The summed E-state index contributed by atoms with van der Waals surface area (Å²) in [6.45, 7) is 4.07. The Labute approximate surface area is 142 Å². The third kappa shape index (κ3) is 5.54. The molecule has 23 heavy (non-hydrogen) atoms. The molecule has 0 spiro atoms. The number of hydrogen-bond donors (Lipinski definition) is 4. The summed E-state index contributed by atoms with van der Waals surface area (Å²) in [5.41, 5.74) is 0.647. The van der Waals surface area contributed by atoms with E-state index in [2.05, 4.69) is 34.4 Å². The zero-order chi connectivity index (χ0) is 16.8. The van der Waals surface area contributed by atoms with E-state index in [0.29, 0.717) is 21.9 Å². The van der Waals surface area contributed by atoms with Gasteiger partial charge in [-0.15, -0.1) is 22.7 Å². The minimum absolute atomic E-state index is 0.164. The molecule has 0 aliphatic heterocycles. The molecule has 0 bridgehead atoms. The number of carbonyl (C=O) groups excluding carboxylic acids is 1. The molecule has 0 aromatic carbocycles. The summed E-state index contributed by atoms with van der Waals surface area (Å²) < 4.78 is 0. The molecule has 2 heterocycles. The lowest BCUT2D eigenvalue weighted by Gasteiger charge is -2.06. The van der Waals surface area contributed by atoms with Crippen LogP contribution < -0.4 is 10.6 Å². The molecule has 0 fully saturated rings. The van der Waals surface area contributed by atoms with Crippen LogP contribution in [0.4, 0.5) is 10.3 Å². The van der Waals surface area contributed by atoms with Crippen LogP contribution >= 0.6 is 22.7 Å². The molecule has 0 saturated heterocycles. The van der Waals surface area contributed by atoms with Gasteiger partial charge in [0.05, 0.1) is 24.8 Å². The van der Waals surface area contributed by atoms with E-state index in [1.54, 1.807) is 11.6 Å². The first kappa shape index (κ1) is 17.8. The monoisotopic (exact) mass is 356 g/mol. The number of hydrogen-bond acceptors (Lipinski definition) is 8. The standard InChI is InChI=1S/C14H20N4O3S2/c1-8(2)11-5-16-14(23-11)18-12(21)3-9-7-22-13(17-9)15-4-10(20)6-19/h5,7-8,10,19-20H,3-4,6H2,1-2H3,(H,15,17)(H,16,18,21). The molecule has 0 aliphatic carbocycles. The number of aliphatic hydroxyl groups excluding tert-OH is 2. The van der Waals surface area contributed by atoms with E-state index in [1.807, 2.05) is 0 Å². The van der Waals surface area contributed by atoms with Gasteiger partial charge in [0.2, 0.25) is 5.91 Å². The molecule has 0 radical (unpaired) electrons. The van der Waals surface area contributed by atoms with Crippen molar-refractivity contribution in [2.45, 2.75) is 32.3 Å². The van der Waals surface area contributed by atoms with Crippen LogP contribution in [-0.2, 0) is 11.2 Å². The maximum atomic E-state index is 12.0. The highest BCUT2D eigenvalue weighted by Gasteiger charge is 2.12. The van der Waals surface area contributed by atoms with E-state index in [0.717, 1.165) is 4.88 Å². The van der Waals surface area contributed by atoms with Gasteiger partial charge >= 0.3 is 0 Å². The lowest BCUT2D eigenvalue weighted by Crippen LogP contribution is -2.22. The van der Waals surface area contributed by atoms with E-state index < -0.39 is 6.10 Å². The van der Waals surface area contributed by atoms with Crippen molar-refractivity contribution < 1.29 is 15.0 Å². The van der Waals surface area contributed by atoms with Gasteiger partial charge in [-0.05, 0) is 5.92 Å². The highest BCUT2D eigenvalue weighted by molar-refractivity contribution is 7.15. The number of aliphatic hydroxyl groups is 2. The van der Waals surface area contributed by atoms with Crippen molar-refractivity contribution in [2.24, 2.45) is 0 Å². The summed E-state index contributed by atoms with van der Waals surface area (Å²) in [5, 5.41) is 26.7. The van der Waals surface area contributed by atoms with Crippen LogP contribution in [0.15, 0.2) is 11.6 Å². The van der Waals surface area contributed by atoms with Crippen molar-refractivity contribution in [2.75, 3.05) is 23.8 Å². The van der Waals surface area contributed by atoms with Crippen LogP contribution in [0.25, 0.3) is 0 Å². The first-order valence-corrected chi connectivity index (χ1v) is 8.90. The van der Waals surface area contributed by atoms with E-state index in [-0.39, 0.29) is 25.5 Å². The average molecular weight is 356 g/mol. The van der Waals surface area contributed by atoms with E-state index >= 15 is 0 Å². The van der Waals surface area contributed by atoms with Crippen LogP contribution in [0.2, 0.25) is 0 Å². The number of amides is 1. The van der Waals surface area contributed by atoms with E-state index in [4.69, 9.17) is 5.11 Å². The molecule has 1 unspecified atom stereocenters. The third-order valence-electron chi connectivity index (χ3n) is 2.93. The lowest BCUT2D eigenvalue weighted by molar-refractivity contribution is -0.115. The first-order chi connectivity index (χ1) is 11.0. The highest BCUT2D eigenvalue weighted by Crippen LogP contribution is 2.25. The Morgan fingerprint density at radius 3 is 2.83 bits per heavy atom. The van der Waals surface area contributed by atoms with Crippen LogP contribution in [-0.4, -0.2) is 45.3 Å². The Hall–Kier alpha value is -1.55. The molecule has 2 aromatic heterocycles. The molecule has 126 valence electrons. The molecular weight excluding hydrogens is 336 g/mol. The number of aromatic nitrogens is 2. The fourth-order valence-electron chi connectivity index (χ4n) is 1.68. The second-order valence-electron chi connectivity index (χ2n) is 5.31. The quantitative estimate of drug-likeness (QED) is 0.573. The van der Waals surface area contributed by atoms with Gasteiger partial charge in [0.15, 0.2) is 10.3 Å². The molecule has 4 N–H and O–H groups in total. The number of nitrogens with zero attached hydrogens (tertiary/aromatic N) is 2. The van der Waals surface area contributed by atoms with Gasteiger partial charge in [-0.2, -0.15) is 0 Å². The number of carbonyl (C=O) groups is 1. The Balaban J connectivity index is 1.84. The fourth-order valence-corrected chi connectivity index (χ4v) is 3.23. The first-order valence-electron chi connectivity index (χ1n) is 7.20. The van der Waals surface area contributed by atoms with Crippen molar-refractivity contribution in [1.29, 1.82) is 0 Å². The predicted octanol–water partition coefficient (Wildman–Crippen LogP) is 1.67. The fraction of sp³-hybridized carbons (Fsp3) is 0.500. The number of rotatable bonds is 8. The van der Waals surface area contributed by atoms with Gasteiger partial charge < -0.3 is 20.8 Å². The third-order valence-corrected chi connectivity index (χ3v) is 4.99. The van der Waals surface area contributed by atoms with Gasteiger partial charge in [-0.3, -0.25) is 4.79 Å². The van der Waals surface area contributed by atoms with E-state index in [1.165, 1.54) is 22.7 Å². The van der Waals surface area contributed by atoms with Gasteiger partial charge in [0, 0.05) is 23.0 Å². The minimum Gasteiger partial charge on any atom is -0.394 e. The predicted molar refractivity (Wildman–Crippen MR) is 92.2 cm³/mol.